The van der Waals surface area contributed by atoms with Crippen molar-refractivity contribution in [1.82, 2.24) is 24.3 Å². The van der Waals surface area contributed by atoms with E-state index in [0.717, 1.165) is 0 Å². The maximum Gasteiger partial charge on any atom is 0.257 e. The molecule has 8 nitrogen and oxygen atoms in total. The molecule has 0 unspecified atom stereocenters. The average molecular weight is 338 g/mol. The van der Waals surface area contributed by atoms with Crippen molar-refractivity contribution in [3.05, 3.63) is 48.5 Å². The molecule has 8 heteroatoms. The van der Waals surface area contributed by atoms with Crippen LogP contribution in [-0.2, 0) is 0 Å². The molecule has 1 aliphatic rings. The predicted molar refractivity (Wildman–Crippen MR) is 91.9 cm³/mol. The van der Waals surface area contributed by atoms with Gasteiger partial charge in [0.05, 0.1) is 12.7 Å². The van der Waals surface area contributed by atoms with E-state index in [4.69, 9.17) is 4.74 Å². The van der Waals surface area contributed by atoms with Crippen LogP contribution in [0.4, 0.5) is 5.95 Å². The first-order valence-corrected chi connectivity index (χ1v) is 8.09. The van der Waals surface area contributed by atoms with Gasteiger partial charge in [0.15, 0.2) is 0 Å². The Morgan fingerprint density at radius 1 is 1.08 bits per heavy atom. The minimum atomic E-state index is 0.00279. The summed E-state index contributed by atoms with van der Waals surface area (Å²) in [4.78, 5) is 29.7. The van der Waals surface area contributed by atoms with E-state index in [9.17, 15) is 4.79 Å². The van der Waals surface area contributed by atoms with Gasteiger partial charge in [-0.1, -0.05) is 0 Å². The number of amides is 1. The molecule has 0 atom stereocenters. The number of hydrogen-bond acceptors (Lipinski definition) is 6. The molecular formula is C17H18N6O2. The number of methoxy groups -OCH3 is 1. The van der Waals surface area contributed by atoms with Crippen molar-refractivity contribution in [2.75, 3.05) is 38.2 Å². The lowest BCUT2D eigenvalue weighted by Crippen LogP contribution is -2.49. The van der Waals surface area contributed by atoms with Gasteiger partial charge in [0.2, 0.25) is 11.8 Å². The topological polar surface area (TPSA) is 75.9 Å². The molecule has 4 heterocycles. The molecule has 4 rings (SSSR count). The zero-order valence-electron chi connectivity index (χ0n) is 13.9. The maximum atomic E-state index is 12.9. The monoisotopic (exact) mass is 338 g/mol. The fourth-order valence-corrected chi connectivity index (χ4v) is 2.99. The summed E-state index contributed by atoms with van der Waals surface area (Å²) in [5, 5.41) is 0. The number of anilines is 1. The van der Waals surface area contributed by atoms with E-state index < -0.39 is 0 Å². The highest BCUT2D eigenvalue weighted by Crippen LogP contribution is 2.17. The molecule has 0 aromatic carbocycles. The number of nitrogens with zero attached hydrogens (tertiary/aromatic N) is 6. The Morgan fingerprint density at radius 2 is 1.92 bits per heavy atom. The Balaban J connectivity index is 1.48. The first kappa shape index (κ1) is 15.4. The number of imidazole rings is 1. The highest BCUT2D eigenvalue weighted by atomic mass is 16.5. The molecule has 1 aliphatic heterocycles. The normalized spacial score (nSPS) is 14.8. The van der Waals surface area contributed by atoms with E-state index in [2.05, 4.69) is 19.9 Å². The minimum Gasteiger partial charge on any atom is -0.481 e. The van der Waals surface area contributed by atoms with Crippen LogP contribution in [0.5, 0.6) is 5.88 Å². The summed E-state index contributed by atoms with van der Waals surface area (Å²) < 4.78 is 7.00. The van der Waals surface area contributed by atoms with Crippen molar-refractivity contribution >= 4 is 17.5 Å². The van der Waals surface area contributed by atoms with Crippen molar-refractivity contribution in [2.24, 2.45) is 0 Å². The van der Waals surface area contributed by atoms with E-state index >= 15 is 0 Å². The van der Waals surface area contributed by atoms with Crippen LogP contribution in [0.1, 0.15) is 10.4 Å². The molecule has 3 aromatic rings. The molecule has 0 radical (unpaired) electrons. The van der Waals surface area contributed by atoms with Crippen LogP contribution in [0.25, 0.3) is 5.65 Å². The predicted octanol–water partition coefficient (Wildman–Crippen LogP) is 1.10. The SMILES string of the molecule is COc1ccnc(N2CCN(C(=O)c3cccn4ccnc34)CC2)n1. The van der Waals surface area contributed by atoms with Crippen molar-refractivity contribution in [3.63, 3.8) is 0 Å². The van der Waals surface area contributed by atoms with Gasteiger partial charge in [-0.15, -0.1) is 0 Å². The number of fused-ring (bicyclic) bond motifs is 1. The van der Waals surface area contributed by atoms with Gasteiger partial charge in [-0.3, -0.25) is 4.79 Å². The molecule has 128 valence electrons. The zero-order valence-corrected chi connectivity index (χ0v) is 13.9. The van der Waals surface area contributed by atoms with E-state index in [1.165, 1.54) is 0 Å². The molecule has 1 saturated heterocycles. The zero-order chi connectivity index (χ0) is 17.2. The summed E-state index contributed by atoms with van der Waals surface area (Å²) in [5.74, 6) is 1.17. The Morgan fingerprint density at radius 3 is 2.72 bits per heavy atom. The number of hydrogen-bond donors (Lipinski definition) is 0. The van der Waals surface area contributed by atoms with Crippen LogP contribution >= 0.6 is 0 Å². The number of piperazine rings is 1. The maximum absolute atomic E-state index is 12.9. The van der Waals surface area contributed by atoms with Gasteiger partial charge in [-0.05, 0) is 12.1 Å². The van der Waals surface area contributed by atoms with Crippen molar-refractivity contribution < 1.29 is 9.53 Å². The Hall–Kier alpha value is -3.16. The lowest BCUT2D eigenvalue weighted by molar-refractivity contribution is 0.0747. The molecule has 0 saturated carbocycles. The molecule has 0 bridgehead atoms. The number of rotatable bonds is 3. The summed E-state index contributed by atoms with van der Waals surface area (Å²) in [7, 11) is 1.58. The van der Waals surface area contributed by atoms with Crippen molar-refractivity contribution in [3.8, 4) is 5.88 Å². The third-order valence-electron chi connectivity index (χ3n) is 4.33. The Labute approximate surface area is 144 Å². The summed E-state index contributed by atoms with van der Waals surface area (Å²) in [5.41, 5.74) is 1.31. The van der Waals surface area contributed by atoms with Crippen LogP contribution in [0.3, 0.4) is 0 Å². The lowest BCUT2D eigenvalue weighted by atomic mass is 10.2. The second kappa shape index (κ2) is 6.39. The molecule has 1 amide bonds. The minimum absolute atomic E-state index is 0.00279. The summed E-state index contributed by atoms with van der Waals surface area (Å²) in [6.45, 7) is 2.58. The highest BCUT2D eigenvalue weighted by molar-refractivity contribution is 5.99. The van der Waals surface area contributed by atoms with Crippen molar-refractivity contribution in [1.29, 1.82) is 0 Å². The first-order chi connectivity index (χ1) is 12.3. The summed E-state index contributed by atoms with van der Waals surface area (Å²) >= 11 is 0. The van der Waals surface area contributed by atoms with Crippen LogP contribution < -0.4 is 9.64 Å². The highest BCUT2D eigenvalue weighted by Gasteiger charge is 2.25. The third-order valence-corrected chi connectivity index (χ3v) is 4.33. The average Bonchev–Trinajstić information content (AvgIpc) is 3.16. The summed E-state index contributed by atoms with van der Waals surface area (Å²) in [6.07, 6.45) is 7.10. The van der Waals surface area contributed by atoms with Gasteiger partial charge < -0.3 is 18.9 Å². The standard InChI is InChI=1S/C17H18N6O2/c1-25-14-4-5-19-17(20-14)23-11-9-22(10-12-23)16(24)13-3-2-7-21-8-6-18-15(13)21/h2-8H,9-12H2,1H3. The largest absolute Gasteiger partial charge is 0.481 e. The molecular weight excluding hydrogens is 320 g/mol. The third kappa shape index (κ3) is 2.86. The van der Waals surface area contributed by atoms with Gasteiger partial charge in [0, 0.05) is 57.0 Å². The molecule has 0 N–H and O–H groups in total. The van der Waals surface area contributed by atoms with Crippen LogP contribution in [0.15, 0.2) is 43.0 Å². The second-order valence-electron chi connectivity index (χ2n) is 5.76. The molecule has 1 fully saturated rings. The van der Waals surface area contributed by atoms with Crippen LogP contribution in [-0.4, -0.2) is 63.4 Å². The number of ether oxygens (including phenoxy) is 1. The smallest absolute Gasteiger partial charge is 0.257 e. The second-order valence-corrected chi connectivity index (χ2v) is 5.76. The Bertz CT molecular complexity index is 901. The Kier molecular flexibility index (Phi) is 3.93. The summed E-state index contributed by atoms with van der Waals surface area (Å²) in [6, 6.07) is 5.40. The van der Waals surface area contributed by atoms with E-state index in [-0.39, 0.29) is 5.91 Å². The van der Waals surface area contributed by atoms with Crippen molar-refractivity contribution in [2.45, 2.75) is 0 Å². The number of aromatic nitrogens is 4. The fraction of sp³-hybridized carbons (Fsp3) is 0.294. The first-order valence-electron chi connectivity index (χ1n) is 8.09. The molecule has 0 aliphatic carbocycles. The van der Waals surface area contributed by atoms with Crippen LogP contribution in [0.2, 0.25) is 0 Å². The molecule has 0 spiro atoms. The quantitative estimate of drug-likeness (QED) is 0.712. The molecule has 3 aromatic heterocycles. The molecule has 25 heavy (non-hydrogen) atoms. The fourth-order valence-electron chi connectivity index (χ4n) is 2.99. The van der Waals surface area contributed by atoms with E-state index in [1.54, 1.807) is 25.6 Å². The van der Waals surface area contributed by atoms with Gasteiger partial charge in [-0.2, -0.15) is 4.98 Å². The number of carbonyl (C=O) groups excluding carboxylic acids is 1. The van der Waals surface area contributed by atoms with Crippen LogP contribution in [0, 0.1) is 0 Å². The number of carbonyl (C=O) groups is 1. The van der Waals surface area contributed by atoms with E-state index in [1.807, 2.05) is 33.8 Å². The van der Waals surface area contributed by atoms with E-state index in [0.29, 0.717) is 49.2 Å². The number of pyridine rings is 1. The lowest BCUT2D eigenvalue weighted by Gasteiger charge is -2.34. The van der Waals surface area contributed by atoms with Gasteiger partial charge >= 0.3 is 0 Å². The van der Waals surface area contributed by atoms with Gasteiger partial charge in [0.25, 0.3) is 5.91 Å². The van der Waals surface area contributed by atoms with Gasteiger partial charge in [-0.25, -0.2) is 9.97 Å². The van der Waals surface area contributed by atoms with Gasteiger partial charge in [0.1, 0.15) is 5.65 Å².